The molecule has 0 saturated carbocycles. The summed E-state index contributed by atoms with van der Waals surface area (Å²) < 4.78 is 11.4. The normalized spacial score (nSPS) is 10.8. The van der Waals surface area contributed by atoms with Crippen molar-refractivity contribution >= 4 is 11.6 Å². The zero-order chi connectivity index (χ0) is 19.5. The predicted octanol–water partition coefficient (Wildman–Crippen LogP) is 3.30. The topological polar surface area (TPSA) is 62.8 Å². The number of aliphatic hydroxyl groups is 1. The fraction of sp³-hybridized carbons (Fsp3) is 0.429. The predicted molar refractivity (Wildman–Crippen MR) is 110 cm³/mol. The van der Waals surface area contributed by atoms with Crippen LogP contribution >= 0.6 is 11.6 Å². The molecule has 2 aromatic carbocycles. The van der Waals surface area contributed by atoms with E-state index in [1.165, 1.54) is 5.56 Å². The second-order valence-corrected chi connectivity index (χ2v) is 6.78. The molecule has 0 aromatic heterocycles. The number of hydrogen-bond acceptors (Lipinski definition) is 5. The SMILES string of the molecule is COc1cc(CNCCCNCCO)c(Cl)cc1OCc1cccc(C)c1. The van der Waals surface area contributed by atoms with Gasteiger partial charge in [-0.05, 0) is 43.6 Å². The maximum Gasteiger partial charge on any atom is 0.163 e. The van der Waals surface area contributed by atoms with Crippen molar-refractivity contribution in [1.82, 2.24) is 10.6 Å². The lowest BCUT2D eigenvalue weighted by Crippen LogP contribution is -2.24. The minimum Gasteiger partial charge on any atom is -0.493 e. The van der Waals surface area contributed by atoms with Gasteiger partial charge in [0.2, 0.25) is 0 Å². The Morgan fingerprint density at radius 3 is 2.59 bits per heavy atom. The van der Waals surface area contributed by atoms with Crippen LogP contribution in [0.4, 0.5) is 0 Å². The first-order valence-electron chi connectivity index (χ1n) is 9.21. The van der Waals surface area contributed by atoms with E-state index in [9.17, 15) is 0 Å². The van der Waals surface area contributed by atoms with Crippen LogP contribution in [0.2, 0.25) is 5.02 Å². The highest BCUT2D eigenvalue weighted by molar-refractivity contribution is 6.31. The van der Waals surface area contributed by atoms with E-state index < -0.39 is 0 Å². The maximum absolute atomic E-state index is 8.72. The van der Waals surface area contributed by atoms with E-state index in [2.05, 4.69) is 29.7 Å². The average Bonchev–Trinajstić information content (AvgIpc) is 2.67. The van der Waals surface area contributed by atoms with Crippen LogP contribution in [0.25, 0.3) is 0 Å². The molecule has 0 unspecified atom stereocenters. The number of aliphatic hydroxyl groups excluding tert-OH is 1. The second kappa shape index (κ2) is 11.8. The van der Waals surface area contributed by atoms with E-state index in [0.29, 0.717) is 36.2 Å². The Kier molecular flexibility index (Phi) is 9.42. The summed E-state index contributed by atoms with van der Waals surface area (Å²) in [7, 11) is 1.63. The molecule has 0 saturated heterocycles. The number of nitrogens with one attached hydrogen (secondary N) is 2. The van der Waals surface area contributed by atoms with Gasteiger partial charge in [0, 0.05) is 24.2 Å². The molecule has 0 atom stereocenters. The van der Waals surface area contributed by atoms with Gasteiger partial charge in [-0.3, -0.25) is 0 Å². The summed E-state index contributed by atoms with van der Waals surface area (Å²) in [4.78, 5) is 0. The van der Waals surface area contributed by atoms with Gasteiger partial charge in [-0.25, -0.2) is 0 Å². The monoisotopic (exact) mass is 392 g/mol. The van der Waals surface area contributed by atoms with Gasteiger partial charge in [0.25, 0.3) is 0 Å². The zero-order valence-corrected chi connectivity index (χ0v) is 16.8. The first-order valence-corrected chi connectivity index (χ1v) is 9.59. The van der Waals surface area contributed by atoms with Crippen molar-refractivity contribution in [3.63, 3.8) is 0 Å². The molecule has 2 aromatic rings. The van der Waals surface area contributed by atoms with E-state index in [4.69, 9.17) is 26.2 Å². The third kappa shape index (κ3) is 7.39. The largest absolute Gasteiger partial charge is 0.493 e. The van der Waals surface area contributed by atoms with E-state index in [1.807, 2.05) is 24.3 Å². The van der Waals surface area contributed by atoms with E-state index in [1.54, 1.807) is 7.11 Å². The van der Waals surface area contributed by atoms with Crippen LogP contribution in [0.15, 0.2) is 36.4 Å². The number of halogens is 1. The van der Waals surface area contributed by atoms with Gasteiger partial charge < -0.3 is 25.2 Å². The molecule has 0 aliphatic heterocycles. The first-order chi connectivity index (χ1) is 13.1. The molecule has 27 heavy (non-hydrogen) atoms. The third-order valence-corrected chi connectivity index (χ3v) is 4.47. The van der Waals surface area contributed by atoms with Crippen LogP contribution in [-0.4, -0.2) is 38.5 Å². The second-order valence-electron chi connectivity index (χ2n) is 6.38. The van der Waals surface area contributed by atoms with Crippen LogP contribution in [-0.2, 0) is 13.2 Å². The van der Waals surface area contributed by atoms with Gasteiger partial charge in [-0.2, -0.15) is 0 Å². The summed E-state index contributed by atoms with van der Waals surface area (Å²) in [5.74, 6) is 1.31. The molecular weight excluding hydrogens is 364 g/mol. The van der Waals surface area contributed by atoms with Crippen molar-refractivity contribution in [1.29, 1.82) is 0 Å². The quantitative estimate of drug-likeness (QED) is 0.484. The molecule has 0 radical (unpaired) electrons. The highest BCUT2D eigenvalue weighted by Crippen LogP contribution is 2.34. The van der Waals surface area contributed by atoms with Crippen molar-refractivity contribution < 1.29 is 14.6 Å². The molecule has 3 N–H and O–H groups in total. The number of hydrogen-bond donors (Lipinski definition) is 3. The van der Waals surface area contributed by atoms with Gasteiger partial charge in [0.1, 0.15) is 6.61 Å². The molecule has 0 fully saturated rings. The Bertz CT molecular complexity index is 710. The first kappa shape index (κ1) is 21.5. The molecule has 0 amide bonds. The molecule has 0 spiro atoms. The Labute approximate surface area is 166 Å². The standard InChI is InChI=1S/C21H29ClN2O3/c1-16-5-3-6-17(11-16)15-27-21-13-19(22)18(12-20(21)26-2)14-24-8-4-7-23-9-10-25/h3,5-6,11-13,23-25H,4,7-10,14-15H2,1-2H3. The minimum atomic E-state index is 0.168. The van der Waals surface area contributed by atoms with Crippen LogP contribution in [0.3, 0.4) is 0 Å². The van der Waals surface area contributed by atoms with Crippen molar-refractivity contribution in [2.75, 3.05) is 33.4 Å². The van der Waals surface area contributed by atoms with Crippen LogP contribution in [0.1, 0.15) is 23.1 Å². The highest BCUT2D eigenvalue weighted by atomic mass is 35.5. The Morgan fingerprint density at radius 2 is 1.85 bits per heavy atom. The molecule has 6 heteroatoms. The molecule has 0 aliphatic rings. The summed E-state index contributed by atoms with van der Waals surface area (Å²) in [5, 5.41) is 15.9. The van der Waals surface area contributed by atoms with Crippen molar-refractivity contribution in [2.24, 2.45) is 0 Å². The van der Waals surface area contributed by atoms with Crippen LogP contribution in [0, 0.1) is 6.92 Å². The van der Waals surface area contributed by atoms with Gasteiger partial charge >= 0.3 is 0 Å². The lowest BCUT2D eigenvalue weighted by atomic mass is 10.1. The summed E-state index contributed by atoms with van der Waals surface area (Å²) in [6, 6.07) is 12.0. The number of benzene rings is 2. The molecule has 0 aliphatic carbocycles. The number of aryl methyl sites for hydroxylation is 1. The van der Waals surface area contributed by atoms with Crippen molar-refractivity contribution in [3.05, 3.63) is 58.1 Å². The zero-order valence-electron chi connectivity index (χ0n) is 16.1. The lowest BCUT2D eigenvalue weighted by Gasteiger charge is -2.14. The van der Waals surface area contributed by atoms with Crippen molar-refractivity contribution in [3.8, 4) is 11.5 Å². The summed E-state index contributed by atoms with van der Waals surface area (Å²) in [6.45, 7) is 5.72. The number of ether oxygens (including phenoxy) is 2. The summed E-state index contributed by atoms with van der Waals surface area (Å²) >= 11 is 6.43. The average molecular weight is 393 g/mol. The molecule has 148 valence electrons. The highest BCUT2D eigenvalue weighted by Gasteiger charge is 2.11. The Hall–Kier alpha value is -1.79. The lowest BCUT2D eigenvalue weighted by molar-refractivity contribution is 0.284. The fourth-order valence-corrected chi connectivity index (χ4v) is 2.93. The van der Waals surface area contributed by atoms with Gasteiger partial charge in [-0.1, -0.05) is 41.4 Å². The minimum absolute atomic E-state index is 0.168. The van der Waals surface area contributed by atoms with Gasteiger partial charge in [-0.15, -0.1) is 0 Å². The number of rotatable bonds is 12. The summed E-state index contributed by atoms with van der Waals surface area (Å²) in [6.07, 6.45) is 0.979. The Morgan fingerprint density at radius 1 is 1.04 bits per heavy atom. The molecular formula is C21H29ClN2O3. The molecule has 0 heterocycles. The van der Waals surface area contributed by atoms with E-state index in [-0.39, 0.29) is 6.61 Å². The Balaban J connectivity index is 1.89. The van der Waals surface area contributed by atoms with Gasteiger partial charge in [0.15, 0.2) is 11.5 Å². The summed E-state index contributed by atoms with van der Waals surface area (Å²) in [5.41, 5.74) is 3.28. The molecule has 0 bridgehead atoms. The molecule has 2 rings (SSSR count). The van der Waals surface area contributed by atoms with Crippen molar-refractivity contribution in [2.45, 2.75) is 26.5 Å². The number of methoxy groups -OCH3 is 1. The van der Waals surface area contributed by atoms with Crippen LogP contribution in [0.5, 0.6) is 11.5 Å². The fourth-order valence-electron chi connectivity index (χ4n) is 2.71. The van der Waals surface area contributed by atoms with Crippen LogP contribution < -0.4 is 20.1 Å². The van der Waals surface area contributed by atoms with E-state index >= 15 is 0 Å². The smallest absolute Gasteiger partial charge is 0.163 e. The van der Waals surface area contributed by atoms with E-state index in [0.717, 1.165) is 30.6 Å². The third-order valence-electron chi connectivity index (χ3n) is 4.12. The van der Waals surface area contributed by atoms with Gasteiger partial charge in [0.05, 0.1) is 13.7 Å². The maximum atomic E-state index is 8.72. The molecule has 5 nitrogen and oxygen atoms in total.